The van der Waals surface area contributed by atoms with Crippen LogP contribution in [0.1, 0.15) is 12.8 Å². The molecule has 2 rings (SSSR count). The Hall–Kier alpha value is -1.54. The molecule has 1 aromatic carbocycles. The van der Waals surface area contributed by atoms with Crippen molar-refractivity contribution in [3.8, 4) is 0 Å². The second-order valence-corrected chi connectivity index (χ2v) is 7.31. The van der Waals surface area contributed by atoms with Gasteiger partial charge in [0.1, 0.15) is 17.3 Å². The Morgan fingerprint density at radius 1 is 1.29 bits per heavy atom. The van der Waals surface area contributed by atoms with Crippen LogP contribution in [-0.4, -0.2) is 38.4 Å². The quantitative estimate of drug-likeness (QED) is 0.851. The van der Waals surface area contributed by atoms with Gasteiger partial charge in [-0.25, -0.2) is 17.2 Å². The van der Waals surface area contributed by atoms with E-state index in [-0.39, 0.29) is 18.8 Å². The maximum Gasteiger partial charge on any atom is 0.238 e. The van der Waals surface area contributed by atoms with E-state index in [2.05, 4.69) is 10.6 Å². The Balaban J connectivity index is 1.83. The molecule has 116 valence electrons. The Morgan fingerprint density at radius 3 is 2.52 bits per heavy atom. The van der Waals surface area contributed by atoms with Crippen molar-refractivity contribution >= 4 is 21.4 Å². The lowest BCUT2D eigenvalue weighted by molar-refractivity contribution is -0.115. The van der Waals surface area contributed by atoms with Gasteiger partial charge in [-0.2, -0.15) is 0 Å². The van der Waals surface area contributed by atoms with Crippen LogP contribution in [0.5, 0.6) is 0 Å². The molecule has 0 spiro atoms. The van der Waals surface area contributed by atoms with Gasteiger partial charge in [-0.1, -0.05) is 6.07 Å². The van der Waals surface area contributed by atoms with Gasteiger partial charge in [-0.3, -0.25) is 4.79 Å². The molecule has 0 aromatic heterocycles. The molecule has 1 aromatic rings. The van der Waals surface area contributed by atoms with Gasteiger partial charge in [0.2, 0.25) is 5.91 Å². The van der Waals surface area contributed by atoms with E-state index in [0.29, 0.717) is 12.8 Å². The fraction of sp³-hybridized carbons (Fsp3) is 0.462. The van der Waals surface area contributed by atoms with E-state index in [4.69, 9.17) is 0 Å². The second-order valence-electron chi connectivity index (χ2n) is 4.91. The summed E-state index contributed by atoms with van der Waals surface area (Å²) in [7, 11) is -3.07. The molecular weight excluding hydrogens is 302 g/mol. The van der Waals surface area contributed by atoms with Crippen LogP contribution in [0.2, 0.25) is 0 Å². The molecule has 8 heteroatoms. The molecule has 1 fully saturated rings. The molecule has 0 aliphatic carbocycles. The molecule has 2 N–H and O–H groups in total. The highest BCUT2D eigenvalue weighted by molar-refractivity contribution is 7.92. The van der Waals surface area contributed by atoms with Gasteiger partial charge in [0, 0.05) is 6.54 Å². The maximum absolute atomic E-state index is 13.3. The molecule has 1 aliphatic rings. The predicted octanol–water partition coefficient (Wildman–Crippen LogP) is 1.07. The van der Waals surface area contributed by atoms with Crippen LogP contribution in [0.3, 0.4) is 0 Å². The largest absolute Gasteiger partial charge is 0.320 e. The highest BCUT2D eigenvalue weighted by atomic mass is 32.2. The molecule has 1 atom stereocenters. The first-order valence-corrected chi connectivity index (χ1v) is 8.28. The lowest BCUT2D eigenvalue weighted by Crippen LogP contribution is -2.36. The van der Waals surface area contributed by atoms with Crippen LogP contribution in [0, 0.1) is 11.6 Å². The van der Waals surface area contributed by atoms with Gasteiger partial charge in [0.15, 0.2) is 9.84 Å². The lowest BCUT2D eigenvalue weighted by atomic mass is 10.2. The van der Waals surface area contributed by atoms with Crippen LogP contribution in [0.25, 0.3) is 0 Å². The van der Waals surface area contributed by atoms with Crippen molar-refractivity contribution in [2.45, 2.75) is 18.1 Å². The number of halogens is 2. The topological polar surface area (TPSA) is 75.3 Å². The maximum atomic E-state index is 13.3. The van der Waals surface area contributed by atoms with Crippen LogP contribution in [-0.2, 0) is 14.6 Å². The Kier molecular flexibility index (Phi) is 4.89. The monoisotopic (exact) mass is 318 g/mol. The molecule has 1 unspecified atom stereocenters. The number of rotatable bonds is 5. The van der Waals surface area contributed by atoms with E-state index < -0.39 is 38.3 Å². The number of hydrogen-bond acceptors (Lipinski definition) is 4. The van der Waals surface area contributed by atoms with Crippen LogP contribution < -0.4 is 10.6 Å². The number of benzene rings is 1. The molecule has 5 nitrogen and oxygen atoms in total. The van der Waals surface area contributed by atoms with Crippen molar-refractivity contribution in [1.29, 1.82) is 0 Å². The van der Waals surface area contributed by atoms with Crippen molar-refractivity contribution in [2.75, 3.05) is 24.2 Å². The third-order valence-corrected chi connectivity index (χ3v) is 5.62. The highest BCUT2D eigenvalue weighted by Crippen LogP contribution is 2.19. The molecule has 0 bridgehead atoms. The molecule has 1 saturated heterocycles. The van der Waals surface area contributed by atoms with E-state index in [1.54, 1.807) is 0 Å². The lowest BCUT2D eigenvalue weighted by Gasteiger charge is -2.11. The minimum Gasteiger partial charge on any atom is -0.320 e. The Morgan fingerprint density at radius 2 is 1.95 bits per heavy atom. The van der Waals surface area contributed by atoms with Gasteiger partial charge in [0.05, 0.1) is 17.5 Å². The fourth-order valence-corrected chi connectivity index (χ4v) is 4.03. The Labute approximate surface area is 121 Å². The van der Waals surface area contributed by atoms with E-state index >= 15 is 0 Å². The number of para-hydroxylation sites is 1. The minimum absolute atomic E-state index is 0.162. The summed E-state index contributed by atoms with van der Waals surface area (Å²) in [6, 6.07) is 3.28. The van der Waals surface area contributed by atoms with Crippen LogP contribution in [0.15, 0.2) is 18.2 Å². The third kappa shape index (κ3) is 3.98. The first-order chi connectivity index (χ1) is 9.90. The van der Waals surface area contributed by atoms with Crippen LogP contribution in [0.4, 0.5) is 14.5 Å². The molecule has 0 radical (unpaired) electrons. The summed E-state index contributed by atoms with van der Waals surface area (Å²) < 4.78 is 49.8. The zero-order valence-corrected chi connectivity index (χ0v) is 12.1. The summed E-state index contributed by atoms with van der Waals surface area (Å²) in [5.41, 5.74) is -0.502. The average Bonchev–Trinajstić information content (AvgIpc) is 2.74. The molecule has 1 aliphatic heterocycles. The van der Waals surface area contributed by atoms with Crippen molar-refractivity contribution < 1.29 is 22.0 Å². The Bertz CT molecular complexity index is 614. The summed E-state index contributed by atoms with van der Waals surface area (Å²) >= 11 is 0. The number of carbonyl (C=O) groups excluding carboxylic acids is 1. The van der Waals surface area contributed by atoms with Crippen molar-refractivity contribution in [3.63, 3.8) is 0 Å². The van der Waals surface area contributed by atoms with Gasteiger partial charge < -0.3 is 10.6 Å². The van der Waals surface area contributed by atoms with Crippen molar-refractivity contribution in [2.24, 2.45) is 0 Å². The predicted molar refractivity (Wildman–Crippen MR) is 74.7 cm³/mol. The van der Waals surface area contributed by atoms with Gasteiger partial charge in [-0.05, 0) is 25.0 Å². The minimum atomic E-state index is -3.07. The molecule has 1 heterocycles. The molecule has 0 saturated carbocycles. The zero-order chi connectivity index (χ0) is 15.5. The normalized spacial score (nSPS) is 20.4. The second kappa shape index (κ2) is 6.48. The van der Waals surface area contributed by atoms with E-state index in [1.807, 2.05) is 0 Å². The van der Waals surface area contributed by atoms with E-state index in [9.17, 15) is 22.0 Å². The number of anilines is 1. The van der Waals surface area contributed by atoms with E-state index in [0.717, 1.165) is 12.1 Å². The summed E-state index contributed by atoms with van der Waals surface area (Å²) in [4.78, 5) is 11.6. The first-order valence-electron chi connectivity index (χ1n) is 6.56. The summed E-state index contributed by atoms with van der Waals surface area (Å²) in [6.45, 7) is -0.0463. The summed E-state index contributed by atoms with van der Waals surface area (Å²) in [5.74, 6) is -2.18. The fourth-order valence-electron chi connectivity index (χ4n) is 2.23. The van der Waals surface area contributed by atoms with E-state index in [1.165, 1.54) is 6.07 Å². The first kappa shape index (κ1) is 15.8. The zero-order valence-electron chi connectivity index (χ0n) is 11.2. The number of carbonyl (C=O) groups is 1. The number of amides is 1. The molecule has 1 amide bonds. The standard InChI is InChI=1S/C13H16F2N2O3S/c14-10-4-1-5-11(15)13(10)17-12(18)8-16-7-9-3-2-6-21(9,19)20/h1,4-5,9,16H,2-3,6-8H2,(H,17,18). The number of nitrogens with one attached hydrogen (secondary N) is 2. The van der Waals surface area contributed by atoms with Gasteiger partial charge in [0.25, 0.3) is 0 Å². The van der Waals surface area contributed by atoms with Gasteiger partial charge in [-0.15, -0.1) is 0 Å². The van der Waals surface area contributed by atoms with Crippen molar-refractivity contribution in [1.82, 2.24) is 5.32 Å². The SMILES string of the molecule is O=C(CNCC1CCCS1(=O)=O)Nc1c(F)cccc1F. The van der Waals surface area contributed by atoms with Crippen LogP contribution >= 0.6 is 0 Å². The molecule has 21 heavy (non-hydrogen) atoms. The summed E-state index contributed by atoms with van der Waals surface area (Å²) in [6.07, 6.45) is 1.19. The highest BCUT2D eigenvalue weighted by Gasteiger charge is 2.30. The number of sulfone groups is 1. The summed E-state index contributed by atoms with van der Waals surface area (Å²) in [5, 5.41) is 4.34. The average molecular weight is 318 g/mol. The molecular formula is C13H16F2N2O3S. The van der Waals surface area contributed by atoms with Gasteiger partial charge >= 0.3 is 0 Å². The van der Waals surface area contributed by atoms with Crippen molar-refractivity contribution in [3.05, 3.63) is 29.8 Å². The third-order valence-electron chi connectivity index (χ3n) is 3.35. The smallest absolute Gasteiger partial charge is 0.238 e. The number of hydrogen-bond donors (Lipinski definition) is 2.